The highest BCUT2D eigenvalue weighted by Crippen LogP contribution is 2.15. The highest BCUT2D eigenvalue weighted by molar-refractivity contribution is 5.98. The molecule has 0 heterocycles. The predicted octanol–water partition coefficient (Wildman–Crippen LogP) is 2.85. The molecule has 0 fully saturated rings. The summed E-state index contributed by atoms with van der Waals surface area (Å²) in [4.78, 5) is 14.0. The van der Waals surface area contributed by atoms with Crippen LogP contribution in [-0.4, -0.2) is 17.9 Å². The van der Waals surface area contributed by atoms with Crippen molar-refractivity contribution < 1.29 is 4.79 Å². The van der Waals surface area contributed by atoms with Gasteiger partial charge in [-0.05, 0) is 24.6 Å². The third-order valence-corrected chi connectivity index (χ3v) is 3.04. The zero-order valence-corrected chi connectivity index (χ0v) is 11.3. The average molecular weight is 254 g/mol. The zero-order valence-electron chi connectivity index (χ0n) is 11.3. The second kappa shape index (κ2) is 5.57. The molecule has 98 valence electrons. The van der Waals surface area contributed by atoms with Crippen molar-refractivity contribution >= 4 is 11.6 Å². The fourth-order valence-corrected chi connectivity index (χ4v) is 2.05. The van der Waals surface area contributed by atoms with Gasteiger partial charge in [0.1, 0.15) is 0 Å². The molecule has 3 nitrogen and oxygen atoms in total. The van der Waals surface area contributed by atoms with E-state index in [1.807, 2.05) is 37.3 Å². The van der Waals surface area contributed by atoms with E-state index in [1.54, 1.807) is 24.1 Å². The summed E-state index contributed by atoms with van der Waals surface area (Å²) in [6.45, 7) is 2.62. The minimum Gasteiger partial charge on any atom is -0.398 e. The van der Waals surface area contributed by atoms with Crippen LogP contribution in [0.3, 0.4) is 0 Å². The molecule has 0 bridgehead atoms. The monoisotopic (exact) mass is 254 g/mol. The maximum absolute atomic E-state index is 12.3. The van der Waals surface area contributed by atoms with Gasteiger partial charge in [-0.1, -0.05) is 42.0 Å². The van der Waals surface area contributed by atoms with Crippen LogP contribution in [0.25, 0.3) is 0 Å². The summed E-state index contributed by atoms with van der Waals surface area (Å²) in [6.07, 6.45) is 0. The van der Waals surface area contributed by atoms with E-state index in [4.69, 9.17) is 5.73 Å². The molecular weight excluding hydrogens is 236 g/mol. The van der Waals surface area contributed by atoms with E-state index in [0.29, 0.717) is 17.8 Å². The number of nitrogens with two attached hydrogens (primary N) is 1. The second-order valence-electron chi connectivity index (χ2n) is 4.74. The number of rotatable bonds is 3. The van der Waals surface area contributed by atoms with Crippen LogP contribution in [0.4, 0.5) is 5.69 Å². The van der Waals surface area contributed by atoms with Crippen LogP contribution in [0, 0.1) is 6.92 Å². The summed E-state index contributed by atoms with van der Waals surface area (Å²) in [7, 11) is 1.79. The Balaban J connectivity index is 2.14. The highest BCUT2D eigenvalue weighted by Gasteiger charge is 2.14. The molecule has 19 heavy (non-hydrogen) atoms. The Labute approximate surface area is 113 Å². The van der Waals surface area contributed by atoms with Crippen LogP contribution >= 0.6 is 0 Å². The predicted molar refractivity (Wildman–Crippen MR) is 77.8 cm³/mol. The molecule has 0 aliphatic heterocycles. The van der Waals surface area contributed by atoms with Crippen molar-refractivity contribution in [3.05, 3.63) is 65.2 Å². The first-order valence-electron chi connectivity index (χ1n) is 6.23. The van der Waals surface area contributed by atoms with Crippen molar-refractivity contribution in [1.82, 2.24) is 4.90 Å². The number of benzene rings is 2. The molecule has 3 heteroatoms. The number of aryl methyl sites for hydroxylation is 1. The van der Waals surface area contributed by atoms with Gasteiger partial charge in [0.15, 0.2) is 0 Å². The van der Waals surface area contributed by atoms with Crippen LogP contribution in [0.5, 0.6) is 0 Å². The van der Waals surface area contributed by atoms with Gasteiger partial charge in [-0.3, -0.25) is 4.79 Å². The van der Waals surface area contributed by atoms with Gasteiger partial charge >= 0.3 is 0 Å². The Kier molecular flexibility index (Phi) is 3.85. The lowest BCUT2D eigenvalue weighted by Gasteiger charge is -2.18. The summed E-state index contributed by atoms with van der Waals surface area (Å²) in [5, 5.41) is 0. The minimum absolute atomic E-state index is 0.0559. The molecular formula is C16H18N2O. The van der Waals surface area contributed by atoms with E-state index in [0.717, 1.165) is 5.56 Å². The van der Waals surface area contributed by atoms with Crippen LogP contribution in [0.15, 0.2) is 48.5 Å². The lowest BCUT2D eigenvalue weighted by molar-refractivity contribution is 0.0786. The van der Waals surface area contributed by atoms with Crippen molar-refractivity contribution in [2.45, 2.75) is 13.5 Å². The van der Waals surface area contributed by atoms with E-state index in [1.165, 1.54) is 5.56 Å². The summed E-state index contributed by atoms with van der Waals surface area (Å²) in [5.41, 5.74) is 9.21. The number of hydrogen-bond acceptors (Lipinski definition) is 2. The molecule has 0 radical (unpaired) electrons. The van der Waals surface area contributed by atoms with Crippen molar-refractivity contribution in [3.63, 3.8) is 0 Å². The molecule has 0 spiro atoms. The van der Waals surface area contributed by atoms with Crippen molar-refractivity contribution in [2.24, 2.45) is 0 Å². The molecule has 0 atom stereocenters. The van der Waals surface area contributed by atoms with E-state index in [9.17, 15) is 4.79 Å². The zero-order chi connectivity index (χ0) is 13.8. The molecule has 1 amide bonds. The maximum Gasteiger partial charge on any atom is 0.255 e. The molecule has 2 rings (SSSR count). The molecule has 0 aromatic heterocycles. The van der Waals surface area contributed by atoms with E-state index in [2.05, 4.69) is 6.07 Å². The maximum atomic E-state index is 12.3. The molecule has 0 saturated heterocycles. The summed E-state index contributed by atoms with van der Waals surface area (Å²) >= 11 is 0. The number of carbonyl (C=O) groups excluding carboxylic acids is 1. The minimum atomic E-state index is -0.0559. The van der Waals surface area contributed by atoms with Crippen molar-refractivity contribution in [1.29, 1.82) is 0 Å². The smallest absolute Gasteiger partial charge is 0.255 e. The SMILES string of the molecule is Cc1cccc(CN(C)C(=O)c2ccccc2N)c1. The van der Waals surface area contributed by atoms with Crippen LogP contribution < -0.4 is 5.73 Å². The normalized spacial score (nSPS) is 10.2. The molecule has 0 unspecified atom stereocenters. The molecule has 0 saturated carbocycles. The number of anilines is 1. The van der Waals surface area contributed by atoms with Gasteiger partial charge in [-0.15, -0.1) is 0 Å². The van der Waals surface area contributed by atoms with E-state index < -0.39 is 0 Å². The Morgan fingerprint density at radius 3 is 2.58 bits per heavy atom. The molecule has 0 aliphatic rings. The summed E-state index contributed by atoms with van der Waals surface area (Å²) in [5.74, 6) is -0.0559. The molecule has 0 aliphatic carbocycles. The number of nitrogens with zero attached hydrogens (tertiary/aromatic N) is 1. The van der Waals surface area contributed by atoms with E-state index in [-0.39, 0.29) is 5.91 Å². The highest BCUT2D eigenvalue weighted by atomic mass is 16.2. The van der Waals surface area contributed by atoms with Crippen LogP contribution in [-0.2, 0) is 6.54 Å². The van der Waals surface area contributed by atoms with Gasteiger partial charge in [0.05, 0.1) is 5.56 Å². The van der Waals surface area contributed by atoms with Gasteiger partial charge in [-0.2, -0.15) is 0 Å². The van der Waals surface area contributed by atoms with Crippen molar-refractivity contribution in [3.8, 4) is 0 Å². The first-order valence-corrected chi connectivity index (χ1v) is 6.23. The number of carbonyl (C=O) groups is 1. The topological polar surface area (TPSA) is 46.3 Å². The third-order valence-electron chi connectivity index (χ3n) is 3.04. The van der Waals surface area contributed by atoms with Gasteiger partial charge in [0.25, 0.3) is 5.91 Å². The van der Waals surface area contributed by atoms with Gasteiger partial charge in [0.2, 0.25) is 0 Å². The number of para-hydroxylation sites is 1. The summed E-state index contributed by atoms with van der Waals surface area (Å²) < 4.78 is 0. The molecule has 2 N–H and O–H groups in total. The summed E-state index contributed by atoms with van der Waals surface area (Å²) in [6, 6.07) is 15.3. The lowest BCUT2D eigenvalue weighted by Crippen LogP contribution is -2.26. The Morgan fingerprint density at radius 1 is 1.16 bits per heavy atom. The third kappa shape index (κ3) is 3.13. The Bertz CT molecular complexity index is 593. The van der Waals surface area contributed by atoms with Gasteiger partial charge in [0, 0.05) is 19.3 Å². The number of nitrogen functional groups attached to an aromatic ring is 1. The number of hydrogen-bond donors (Lipinski definition) is 1. The largest absolute Gasteiger partial charge is 0.398 e. The standard InChI is InChI=1S/C16H18N2O/c1-12-6-5-7-13(10-12)11-18(2)16(19)14-8-3-4-9-15(14)17/h3-10H,11,17H2,1-2H3. The Morgan fingerprint density at radius 2 is 1.89 bits per heavy atom. The van der Waals surface area contributed by atoms with Gasteiger partial charge in [-0.25, -0.2) is 0 Å². The van der Waals surface area contributed by atoms with Crippen molar-refractivity contribution in [2.75, 3.05) is 12.8 Å². The fourth-order valence-electron chi connectivity index (χ4n) is 2.05. The molecule has 2 aromatic rings. The van der Waals surface area contributed by atoms with Crippen LogP contribution in [0.2, 0.25) is 0 Å². The molecule has 2 aromatic carbocycles. The van der Waals surface area contributed by atoms with Gasteiger partial charge < -0.3 is 10.6 Å². The first kappa shape index (κ1) is 13.1. The Hall–Kier alpha value is -2.29. The fraction of sp³-hybridized carbons (Fsp3) is 0.188. The quantitative estimate of drug-likeness (QED) is 0.856. The first-order chi connectivity index (χ1) is 9.08. The lowest BCUT2D eigenvalue weighted by atomic mass is 10.1. The second-order valence-corrected chi connectivity index (χ2v) is 4.74. The van der Waals surface area contributed by atoms with E-state index >= 15 is 0 Å². The average Bonchev–Trinajstić information content (AvgIpc) is 2.38. The van der Waals surface area contributed by atoms with Crippen LogP contribution in [0.1, 0.15) is 21.5 Å². The number of amides is 1.